The molecule has 0 unspecified atom stereocenters. The first kappa shape index (κ1) is 16.1. The van der Waals surface area contributed by atoms with Crippen molar-refractivity contribution in [2.75, 3.05) is 11.9 Å². The number of hydrogen-bond donors (Lipinski definition) is 1. The van der Waals surface area contributed by atoms with Gasteiger partial charge in [-0.1, -0.05) is 37.0 Å². The van der Waals surface area contributed by atoms with Crippen LogP contribution in [0.5, 0.6) is 0 Å². The first-order valence-electron chi connectivity index (χ1n) is 7.20. The third-order valence-electron chi connectivity index (χ3n) is 2.96. The summed E-state index contributed by atoms with van der Waals surface area (Å²) < 4.78 is 0. The summed E-state index contributed by atoms with van der Waals surface area (Å²) in [5, 5.41) is 4.53. The second-order valence-electron chi connectivity index (χ2n) is 4.89. The Kier molecular flexibility index (Phi) is 5.83. The van der Waals surface area contributed by atoms with Gasteiger partial charge in [0.25, 0.3) is 0 Å². The van der Waals surface area contributed by atoms with Crippen molar-refractivity contribution in [3.63, 3.8) is 0 Å². The fourth-order valence-corrected chi connectivity index (χ4v) is 2.55. The van der Waals surface area contributed by atoms with Gasteiger partial charge in [-0.05, 0) is 31.0 Å². The van der Waals surface area contributed by atoms with Gasteiger partial charge >= 0.3 is 0 Å². The van der Waals surface area contributed by atoms with Crippen LogP contribution < -0.4 is 5.32 Å². The Labute approximate surface area is 135 Å². The van der Waals surface area contributed by atoms with Crippen LogP contribution in [0.1, 0.15) is 32.5 Å². The highest BCUT2D eigenvalue weighted by molar-refractivity contribution is 6.35. The smallest absolute Gasteiger partial charge is 0.131 e. The molecule has 1 N–H and O–H groups in total. The highest BCUT2D eigenvalue weighted by Gasteiger charge is 2.08. The molecule has 1 aromatic heterocycles. The van der Waals surface area contributed by atoms with E-state index in [9.17, 15) is 0 Å². The quantitative estimate of drug-likeness (QED) is 0.791. The molecule has 3 nitrogen and oxygen atoms in total. The van der Waals surface area contributed by atoms with Gasteiger partial charge in [0.2, 0.25) is 0 Å². The SMILES string of the molecule is CCCNc1cc(-c2cc(Cl)cc(Cl)c2)nc(CCC)n1. The molecule has 0 atom stereocenters. The molecule has 21 heavy (non-hydrogen) atoms. The molecule has 2 rings (SSSR count). The summed E-state index contributed by atoms with van der Waals surface area (Å²) in [5.74, 6) is 1.69. The fraction of sp³-hybridized carbons (Fsp3) is 0.375. The Morgan fingerprint density at radius 1 is 0.952 bits per heavy atom. The summed E-state index contributed by atoms with van der Waals surface area (Å²) in [6, 6.07) is 7.40. The zero-order valence-electron chi connectivity index (χ0n) is 12.3. The minimum Gasteiger partial charge on any atom is -0.370 e. The van der Waals surface area contributed by atoms with Gasteiger partial charge in [-0.25, -0.2) is 9.97 Å². The van der Waals surface area contributed by atoms with Crippen LogP contribution >= 0.6 is 23.2 Å². The van der Waals surface area contributed by atoms with Crippen LogP contribution in [0.4, 0.5) is 5.82 Å². The van der Waals surface area contributed by atoms with Gasteiger partial charge in [0, 0.05) is 34.6 Å². The van der Waals surface area contributed by atoms with E-state index in [0.717, 1.165) is 48.7 Å². The average Bonchev–Trinajstić information content (AvgIpc) is 2.44. The van der Waals surface area contributed by atoms with Crippen molar-refractivity contribution in [1.29, 1.82) is 0 Å². The number of aryl methyl sites for hydroxylation is 1. The normalized spacial score (nSPS) is 10.7. The molecule has 0 radical (unpaired) electrons. The maximum Gasteiger partial charge on any atom is 0.131 e. The summed E-state index contributed by atoms with van der Waals surface area (Å²) in [7, 11) is 0. The van der Waals surface area contributed by atoms with E-state index in [2.05, 4.69) is 29.1 Å². The maximum absolute atomic E-state index is 6.08. The number of benzene rings is 1. The Hall–Kier alpha value is -1.32. The predicted octanol–water partition coefficient (Wildman–Crippen LogP) is 5.22. The average molecular weight is 324 g/mol. The largest absolute Gasteiger partial charge is 0.370 e. The van der Waals surface area contributed by atoms with E-state index in [1.54, 1.807) is 6.07 Å². The molecule has 0 saturated carbocycles. The molecule has 1 heterocycles. The molecule has 1 aromatic carbocycles. The number of nitrogens with one attached hydrogen (secondary N) is 1. The van der Waals surface area contributed by atoms with Gasteiger partial charge in [-0.3, -0.25) is 0 Å². The first-order valence-corrected chi connectivity index (χ1v) is 7.96. The molecule has 0 saturated heterocycles. The van der Waals surface area contributed by atoms with E-state index < -0.39 is 0 Å². The lowest BCUT2D eigenvalue weighted by Crippen LogP contribution is -2.06. The van der Waals surface area contributed by atoms with Gasteiger partial charge in [0.15, 0.2) is 0 Å². The number of halogens is 2. The molecule has 0 aliphatic rings. The van der Waals surface area contributed by atoms with Crippen LogP contribution in [-0.2, 0) is 6.42 Å². The van der Waals surface area contributed by atoms with Crippen molar-refractivity contribution in [2.24, 2.45) is 0 Å². The lowest BCUT2D eigenvalue weighted by Gasteiger charge is -2.10. The van der Waals surface area contributed by atoms with Gasteiger partial charge in [-0.15, -0.1) is 0 Å². The Morgan fingerprint density at radius 3 is 2.29 bits per heavy atom. The molecule has 0 bridgehead atoms. The van der Waals surface area contributed by atoms with Crippen molar-refractivity contribution < 1.29 is 0 Å². The zero-order chi connectivity index (χ0) is 15.2. The number of aromatic nitrogens is 2. The molecular weight excluding hydrogens is 305 g/mol. The molecule has 0 aliphatic heterocycles. The molecule has 112 valence electrons. The zero-order valence-corrected chi connectivity index (χ0v) is 13.8. The summed E-state index contributed by atoms with van der Waals surface area (Å²) in [5.41, 5.74) is 1.75. The van der Waals surface area contributed by atoms with Crippen LogP contribution in [0.3, 0.4) is 0 Å². The molecule has 2 aromatic rings. The second-order valence-corrected chi connectivity index (χ2v) is 5.76. The minimum absolute atomic E-state index is 0.608. The Morgan fingerprint density at radius 2 is 1.67 bits per heavy atom. The van der Waals surface area contributed by atoms with Gasteiger partial charge in [0.1, 0.15) is 11.6 Å². The van der Waals surface area contributed by atoms with Crippen LogP contribution in [0.15, 0.2) is 24.3 Å². The van der Waals surface area contributed by atoms with Crippen molar-refractivity contribution >= 4 is 29.0 Å². The number of rotatable bonds is 6. The van der Waals surface area contributed by atoms with Gasteiger partial charge in [0.05, 0.1) is 5.69 Å². The van der Waals surface area contributed by atoms with Crippen LogP contribution in [0.25, 0.3) is 11.3 Å². The summed E-state index contributed by atoms with van der Waals surface area (Å²) in [6.45, 7) is 5.13. The fourth-order valence-electron chi connectivity index (χ4n) is 2.03. The van der Waals surface area contributed by atoms with Gasteiger partial charge < -0.3 is 5.32 Å². The van der Waals surface area contributed by atoms with Crippen molar-refractivity contribution in [3.8, 4) is 11.3 Å². The number of nitrogens with zero attached hydrogens (tertiary/aromatic N) is 2. The molecule has 0 fully saturated rings. The van der Waals surface area contributed by atoms with E-state index in [1.165, 1.54) is 0 Å². The highest BCUT2D eigenvalue weighted by Crippen LogP contribution is 2.27. The van der Waals surface area contributed by atoms with E-state index in [-0.39, 0.29) is 0 Å². The minimum atomic E-state index is 0.608. The summed E-state index contributed by atoms with van der Waals surface area (Å²) in [4.78, 5) is 9.16. The molecular formula is C16H19Cl2N3. The number of hydrogen-bond acceptors (Lipinski definition) is 3. The maximum atomic E-state index is 6.08. The highest BCUT2D eigenvalue weighted by atomic mass is 35.5. The number of anilines is 1. The second kappa shape index (κ2) is 7.62. The van der Waals surface area contributed by atoms with Crippen LogP contribution in [-0.4, -0.2) is 16.5 Å². The third kappa shape index (κ3) is 4.58. The molecule has 0 spiro atoms. The van der Waals surface area contributed by atoms with Crippen LogP contribution in [0, 0.1) is 0 Å². The standard InChI is InChI=1S/C16H19Cl2N3/c1-3-5-15-20-14(10-16(21-15)19-6-4-2)11-7-12(17)9-13(18)8-11/h7-10H,3-6H2,1-2H3,(H,19,20,21). The van der Waals surface area contributed by atoms with E-state index in [0.29, 0.717) is 10.0 Å². The topological polar surface area (TPSA) is 37.8 Å². The first-order chi connectivity index (χ1) is 10.1. The summed E-state index contributed by atoms with van der Waals surface area (Å²) in [6.07, 6.45) is 2.90. The molecule has 0 aliphatic carbocycles. The Balaban J connectivity index is 2.42. The lowest BCUT2D eigenvalue weighted by atomic mass is 10.1. The predicted molar refractivity (Wildman–Crippen MR) is 90.3 cm³/mol. The lowest BCUT2D eigenvalue weighted by molar-refractivity contribution is 0.834. The summed E-state index contributed by atoms with van der Waals surface area (Å²) >= 11 is 12.2. The van der Waals surface area contributed by atoms with Crippen molar-refractivity contribution in [3.05, 3.63) is 40.1 Å². The Bertz CT molecular complexity index is 594. The van der Waals surface area contributed by atoms with Crippen molar-refractivity contribution in [1.82, 2.24) is 9.97 Å². The van der Waals surface area contributed by atoms with E-state index in [4.69, 9.17) is 23.2 Å². The van der Waals surface area contributed by atoms with E-state index in [1.807, 2.05) is 18.2 Å². The monoisotopic (exact) mass is 323 g/mol. The van der Waals surface area contributed by atoms with E-state index >= 15 is 0 Å². The van der Waals surface area contributed by atoms with Crippen molar-refractivity contribution in [2.45, 2.75) is 33.1 Å². The van der Waals surface area contributed by atoms with Gasteiger partial charge in [-0.2, -0.15) is 0 Å². The molecule has 0 amide bonds. The van der Waals surface area contributed by atoms with Crippen LogP contribution in [0.2, 0.25) is 10.0 Å². The molecule has 5 heteroatoms. The third-order valence-corrected chi connectivity index (χ3v) is 3.40.